The van der Waals surface area contributed by atoms with Crippen molar-refractivity contribution in [3.8, 4) is 5.75 Å². The van der Waals surface area contributed by atoms with E-state index in [1.165, 1.54) is 6.42 Å². The predicted octanol–water partition coefficient (Wildman–Crippen LogP) is 8.28. The first-order valence-corrected chi connectivity index (χ1v) is 20.4. The lowest BCUT2D eigenvalue weighted by atomic mass is 9.47. The minimum absolute atomic E-state index is 0.195. The number of unbranched alkanes of at least 4 members (excludes halogenated alkanes) is 2. The second kappa shape index (κ2) is 14.9. The van der Waals surface area contributed by atoms with Crippen LogP contribution in [0.2, 0.25) is 5.02 Å². The van der Waals surface area contributed by atoms with Gasteiger partial charge in [-0.2, -0.15) is 9.45 Å². The molecule has 4 bridgehead atoms. The Hall–Kier alpha value is -3.25. The van der Waals surface area contributed by atoms with Gasteiger partial charge in [-0.3, -0.25) is 4.79 Å². The quantitative estimate of drug-likeness (QED) is 0.0758. The van der Waals surface area contributed by atoms with Gasteiger partial charge < -0.3 is 23.9 Å². The van der Waals surface area contributed by atoms with Gasteiger partial charge in [0.2, 0.25) is 5.69 Å². The zero-order valence-electron chi connectivity index (χ0n) is 32.7. The molecule has 11 heteroatoms. The summed E-state index contributed by atoms with van der Waals surface area (Å²) in [4.78, 5) is 23.4. The number of nitrogens with zero attached hydrogens (tertiary/aromatic N) is 1. The Morgan fingerprint density at radius 2 is 1.58 bits per heavy atom. The second-order valence-corrected chi connectivity index (χ2v) is 17.8. The third-order valence-corrected chi connectivity index (χ3v) is 13.9. The lowest BCUT2D eigenvalue weighted by Gasteiger charge is -2.68. The van der Waals surface area contributed by atoms with E-state index in [0.29, 0.717) is 29.0 Å². The number of rotatable bonds is 14. The van der Waals surface area contributed by atoms with Crippen molar-refractivity contribution in [1.82, 2.24) is 0 Å². The van der Waals surface area contributed by atoms with Gasteiger partial charge >= 0.3 is 13.1 Å². The molecule has 1 N–H and O–H groups in total. The first-order valence-electron chi connectivity index (χ1n) is 20.1. The molecule has 1 atom stereocenters. The van der Waals surface area contributed by atoms with E-state index in [1.54, 1.807) is 7.11 Å². The number of carbonyl (C=O) groups is 1. The van der Waals surface area contributed by atoms with Crippen LogP contribution < -0.4 is 14.8 Å². The van der Waals surface area contributed by atoms with Crippen molar-refractivity contribution < 1.29 is 43.0 Å². The molecule has 4 aliphatic carbocycles. The van der Waals surface area contributed by atoms with E-state index in [4.69, 9.17) is 45.3 Å². The van der Waals surface area contributed by atoms with Crippen molar-refractivity contribution in [1.29, 1.82) is 0 Å². The van der Waals surface area contributed by atoms with Crippen molar-refractivity contribution in [3.05, 3.63) is 88.2 Å². The second-order valence-electron chi connectivity index (χ2n) is 17.4. The van der Waals surface area contributed by atoms with E-state index in [-0.39, 0.29) is 13.0 Å². The highest BCUT2D eigenvalue weighted by atomic mass is 35.5. The highest BCUT2D eigenvalue weighted by molar-refractivity contribution is 6.62. The van der Waals surface area contributed by atoms with Crippen LogP contribution in [0, 0.1) is 23.7 Å². The Labute approximate surface area is 330 Å². The molecule has 4 saturated carbocycles. The van der Waals surface area contributed by atoms with Crippen LogP contribution in [0.5, 0.6) is 5.75 Å². The fourth-order valence-electron chi connectivity index (χ4n) is 10.1. The number of aromatic nitrogens is 1. The van der Waals surface area contributed by atoms with E-state index >= 15 is 0 Å². The molecular formula is C44H54BClNO8+. The number of ether oxygens (including phenoxy) is 2. The maximum atomic E-state index is 11.0. The normalized spacial score (nSPS) is 30.0. The van der Waals surface area contributed by atoms with Gasteiger partial charge in [-0.15, -0.1) is 0 Å². The third kappa shape index (κ3) is 6.85. The number of benzene rings is 2. The van der Waals surface area contributed by atoms with Gasteiger partial charge in [0.25, 0.3) is 5.79 Å². The van der Waals surface area contributed by atoms with Crippen LogP contribution in [-0.4, -0.2) is 42.1 Å². The number of aryl methyl sites for hydroxylation is 1. The van der Waals surface area contributed by atoms with Crippen LogP contribution >= 0.6 is 11.6 Å². The summed E-state index contributed by atoms with van der Waals surface area (Å²) in [5, 5.41) is 9.48. The van der Waals surface area contributed by atoms with Crippen molar-refractivity contribution in [3.63, 3.8) is 0 Å². The lowest BCUT2D eigenvalue weighted by Crippen LogP contribution is -2.76. The Morgan fingerprint density at radius 1 is 0.891 bits per heavy atom. The number of hydrogen-bond donors (Lipinski definition) is 1. The number of aliphatic carboxylic acids is 1. The van der Waals surface area contributed by atoms with E-state index in [0.717, 1.165) is 84.8 Å². The summed E-state index contributed by atoms with van der Waals surface area (Å²) in [5.41, 5.74) is 3.07. The Balaban J connectivity index is 1.09. The number of halogens is 1. The number of carboxylic acid groups (broad SMARTS) is 1. The van der Waals surface area contributed by atoms with Gasteiger partial charge in [0.1, 0.15) is 18.9 Å². The van der Waals surface area contributed by atoms with E-state index in [2.05, 4.69) is 50.6 Å². The fourth-order valence-corrected chi connectivity index (χ4v) is 10.4. The summed E-state index contributed by atoms with van der Waals surface area (Å²) in [6.45, 7) is 9.29. The molecule has 6 aliphatic rings. The SMILES string of the molecule is COC1(c2ccc(/C=C/c3cccc[n+]3CCCCCC(=O)O)c(OCc3ccc(B4OC(C)(C)C(C)(C)O4)cc3)c2Cl)OOC12C1CC3CC(C1)CC2C3. The molecule has 6 fully saturated rings. The van der Waals surface area contributed by atoms with Gasteiger partial charge in [0.15, 0.2) is 11.8 Å². The van der Waals surface area contributed by atoms with E-state index in [9.17, 15) is 4.79 Å². The van der Waals surface area contributed by atoms with Crippen LogP contribution in [0.1, 0.15) is 108 Å². The first kappa shape index (κ1) is 38.6. The van der Waals surface area contributed by atoms with E-state index < -0.39 is 35.7 Å². The van der Waals surface area contributed by atoms with Gasteiger partial charge in [-0.05, 0) is 119 Å². The zero-order chi connectivity index (χ0) is 38.6. The maximum absolute atomic E-state index is 11.0. The van der Waals surface area contributed by atoms with Crippen molar-refractivity contribution in [2.45, 2.75) is 121 Å². The summed E-state index contributed by atoms with van der Waals surface area (Å²) in [7, 11) is 1.26. The smallest absolute Gasteiger partial charge is 0.487 e. The lowest BCUT2D eigenvalue weighted by molar-refractivity contribution is -0.699. The van der Waals surface area contributed by atoms with Crippen LogP contribution in [0.3, 0.4) is 0 Å². The molecule has 2 saturated heterocycles. The molecule has 3 aromatic rings. The van der Waals surface area contributed by atoms with Gasteiger partial charge in [0, 0.05) is 49.3 Å². The predicted molar refractivity (Wildman–Crippen MR) is 210 cm³/mol. The molecule has 9 rings (SSSR count). The summed E-state index contributed by atoms with van der Waals surface area (Å²) < 4.78 is 27.9. The summed E-state index contributed by atoms with van der Waals surface area (Å²) in [6, 6.07) is 18.3. The van der Waals surface area contributed by atoms with Gasteiger partial charge in [-0.25, -0.2) is 4.89 Å². The number of methoxy groups -OCH3 is 1. The molecule has 2 aromatic carbocycles. The molecule has 55 heavy (non-hydrogen) atoms. The van der Waals surface area contributed by atoms with Gasteiger partial charge in [-0.1, -0.05) is 48.0 Å². The highest BCUT2D eigenvalue weighted by Crippen LogP contribution is 2.70. The van der Waals surface area contributed by atoms with Crippen LogP contribution in [-0.2, 0) is 47.6 Å². The van der Waals surface area contributed by atoms with Gasteiger partial charge in [0.05, 0.1) is 16.2 Å². The number of hydrogen-bond acceptors (Lipinski definition) is 7. The van der Waals surface area contributed by atoms with E-state index in [1.807, 2.05) is 54.6 Å². The Morgan fingerprint density at radius 3 is 2.20 bits per heavy atom. The zero-order valence-corrected chi connectivity index (χ0v) is 33.5. The standard InChI is InChI=1S/C44H53BClNO8/c1-41(2)42(3,4)53-45(52-41)35-17-13-29(14-18-35)28-51-40-32(15-19-36-11-8-10-22-47(36)21-9-6-7-12-38(48)49)16-20-37(39(40)46)44(50-5)43(54-55-44)33-24-30-23-31(26-33)27-34(43)25-30/h8,10-11,13-20,22,30-31,33-34H,6-7,9,12,21,23-28H2,1-5H3/p+1/b19-15+. The molecule has 0 amide bonds. The largest absolute Gasteiger partial charge is 0.494 e. The highest BCUT2D eigenvalue weighted by Gasteiger charge is 2.77. The molecule has 1 aromatic heterocycles. The average Bonchev–Trinajstić information content (AvgIpc) is 3.36. The molecule has 292 valence electrons. The Kier molecular flexibility index (Phi) is 10.5. The van der Waals surface area contributed by atoms with Crippen molar-refractivity contribution >= 4 is 42.3 Å². The molecule has 0 radical (unpaired) electrons. The fraction of sp³-hybridized carbons (Fsp3) is 0.545. The molecule has 2 aliphatic heterocycles. The van der Waals surface area contributed by atoms with Crippen LogP contribution in [0.15, 0.2) is 60.8 Å². The minimum atomic E-state index is -1.14. The molecule has 1 unspecified atom stereocenters. The van der Waals surface area contributed by atoms with Crippen LogP contribution in [0.25, 0.3) is 12.2 Å². The average molecular weight is 771 g/mol. The Bertz CT molecular complexity index is 1880. The minimum Gasteiger partial charge on any atom is -0.487 e. The van der Waals surface area contributed by atoms with Crippen molar-refractivity contribution in [2.24, 2.45) is 23.7 Å². The maximum Gasteiger partial charge on any atom is 0.494 e. The monoisotopic (exact) mass is 770 g/mol. The molecule has 3 heterocycles. The number of carboxylic acids is 1. The van der Waals surface area contributed by atoms with Crippen LogP contribution in [0.4, 0.5) is 0 Å². The topological polar surface area (TPSA) is 96.6 Å². The summed E-state index contributed by atoms with van der Waals surface area (Å²) in [6.07, 6.45) is 14.6. The number of pyridine rings is 1. The molecular weight excluding hydrogens is 717 g/mol. The summed E-state index contributed by atoms with van der Waals surface area (Å²) >= 11 is 7.50. The van der Waals surface area contributed by atoms with Crippen molar-refractivity contribution in [2.75, 3.05) is 7.11 Å². The summed E-state index contributed by atoms with van der Waals surface area (Å²) in [5.74, 6) is 0.840. The first-order chi connectivity index (χ1) is 26.4. The molecule has 1 spiro atoms. The molecule has 9 nitrogen and oxygen atoms in total. The third-order valence-electron chi connectivity index (χ3n) is 13.5.